The van der Waals surface area contributed by atoms with Gasteiger partial charge in [0.25, 0.3) is 0 Å². The number of carboxylic acids is 1. The molecule has 5 nitrogen and oxygen atoms in total. The van der Waals surface area contributed by atoms with Crippen molar-refractivity contribution in [3.8, 4) is 0 Å². The highest BCUT2D eigenvalue weighted by Crippen LogP contribution is 2.20. The molecule has 0 radical (unpaired) electrons. The number of nitrogens with one attached hydrogen (secondary N) is 1. The molecule has 116 valence electrons. The van der Waals surface area contributed by atoms with Crippen LogP contribution in [0.2, 0.25) is 0 Å². The summed E-state index contributed by atoms with van der Waals surface area (Å²) < 4.78 is 5.35. The van der Waals surface area contributed by atoms with Gasteiger partial charge in [0.05, 0.1) is 0 Å². The van der Waals surface area contributed by atoms with Crippen LogP contribution in [0.5, 0.6) is 0 Å². The molecule has 0 spiro atoms. The summed E-state index contributed by atoms with van der Waals surface area (Å²) >= 11 is 0. The number of carbonyl (C=O) groups is 2. The molecule has 0 atom stereocenters. The van der Waals surface area contributed by atoms with Gasteiger partial charge in [-0.15, -0.1) is 0 Å². The lowest BCUT2D eigenvalue weighted by molar-refractivity contribution is -0.137. The Bertz CT molecular complexity index is 288. The zero-order valence-corrected chi connectivity index (χ0v) is 12.2. The van der Waals surface area contributed by atoms with Gasteiger partial charge in [-0.25, -0.2) is 4.79 Å². The van der Waals surface area contributed by atoms with Crippen molar-refractivity contribution in [2.45, 2.75) is 76.7 Å². The third-order valence-corrected chi connectivity index (χ3v) is 3.66. The zero-order chi connectivity index (χ0) is 14.6. The molecule has 0 aromatic heterocycles. The van der Waals surface area contributed by atoms with Crippen LogP contribution in [-0.4, -0.2) is 29.8 Å². The quantitative estimate of drug-likeness (QED) is 0.636. The van der Waals surface area contributed by atoms with E-state index in [4.69, 9.17) is 9.84 Å². The molecular weight excluding hydrogens is 258 g/mol. The molecule has 2 N–H and O–H groups in total. The molecule has 0 aliphatic heterocycles. The van der Waals surface area contributed by atoms with Crippen LogP contribution in [0.1, 0.15) is 70.6 Å². The predicted molar refractivity (Wildman–Crippen MR) is 76.7 cm³/mol. The maximum atomic E-state index is 11.5. The van der Waals surface area contributed by atoms with Crippen LogP contribution >= 0.6 is 0 Å². The molecule has 1 amide bonds. The highest BCUT2D eigenvalue weighted by molar-refractivity contribution is 5.67. The van der Waals surface area contributed by atoms with Crippen LogP contribution in [0.15, 0.2) is 0 Å². The zero-order valence-electron chi connectivity index (χ0n) is 12.2. The lowest BCUT2D eigenvalue weighted by atomic mass is 9.98. The molecule has 5 heteroatoms. The number of hydrogen-bond acceptors (Lipinski definition) is 3. The average molecular weight is 285 g/mol. The van der Waals surface area contributed by atoms with Crippen LogP contribution in [0.25, 0.3) is 0 Å². The van der Waals surface area contributed by atoms with Crippen molar-refractivity contribution in [3.05, 3.63) is 0 Å². The summed E-state index contributed by atoms with van der Waals surface area (Å²) in [5, 5.41) is 11.3. The van der Waals surface area contributed by atoms with E-state index >= 15 is 0 Å². The van der Waals surface area contributed by atoms with Crippen molar-refractivity contribution >= 4 is 12.1 Å². The second kappa shape index (κ2) is 10.5. The molecule has 0 unspecified atom stereocenters. The van der Waals surface area contributed by atoms with Gasteiger partial charge in [-0.05, 0) is 38.5 Å². The molecule has 0 aromatic rings. The van der Waals surface area contributed by atoms with E-state index in [9.17, 15) is 9.59 Å². The first-order valence-corrected chi connectivity index (χ1v) is 7.85. The smallest absolute Gasteiger partial charge is 0.407 e. The summed E-state index contributed by atoms with van der Waals surface area (Å²) in [5.74, 6) is -0.725. The lowest BCUT2D eigenvalue weighted by Crippen LogP contribution is -2.30. The Morgan fingerprint density at radius 2 is 1.65 bits per heavy atom. The second-order valence-corrected chi connectivity index (χ2v) is 5.50. The summed E-state index contributed by atoms with van der Waals surface area (Å²) in [7, 11) is 0. The Kier molecular flexibility index (Phi) is 8.83. The summed E-state index contributed by atoms with van der Waals surface area (Å²) in [6, 6.07) is 0. The largest absolute Gasteiger partial charge is 0.481 e. The molecule has 1 saturated carbocycles. The average Bonchev–Trinajstić information content (AvgIpc) is 2.42. The maximum Gasteiger partial charge on any atom is 0.407 e. The highest BCUT2D eigenvalue weighted by atomic mass is 16.6. The van der Waals surface area contributed by atoms with Gasteiger partial charge in [-0.3, -0.25) is 4.79 Å². The van der Waals surface area contributed by atoms with Crippen LogP contribution in [0, 0.1) is 0 Å². The van der Waals surface area contributed by atoms with Gasteiger partial charge >= 0.3 is 12.1 Å². The minimum absolute atomic E-state index is 0.111. The molecule has 1 aliphatic rings. The van der Waals surface area contributed by atoms with E-state index in [0.717, 1.165) is 57.8 Å². The summed E-state index contributed by atoms with van der Waals surface area (Å²) in [6.07, 6.45) is 10.3. The van der Waals surface area contributed by atoms with E-state index in [1.807, 2.05) is 0 Å². The second-order valence-electron chi connectivity index (χ2n) is 5.50. The topological polar surface area (TPSA) is 75.6 Å². The molecular formula is C15H27NO4. The standard InChI is InChI=1S/C15H27NO4/c17-14(18)11-7-2-1-3-8-12-16-15(19)20-13-9-5-4-6-10-13/h13H,1-12H2,(H,16,19)(H,17,18). The van der Waals surface area contributed by atoms with Gasteiger partial charge in [0.15, 0.2) is 0 Å². The monoisotopic (exact) mass is 285 g/mol. The minimum Gasteiger partial charge on any atom is -0.481 e. The summed E-state index contributed by atoms with van der Waals surface area (Å²) in [5.41, 5.74) is 0. The highest BCUT2D eigenvalue weighted by Gasteiger charge is 2.16. The normalized spacial score (nSPS) is 15.8. The van der Waals surface area contributed by atoms with E-state index in [1.165, 1.54) is 6.42 Å². The number of rotatable bonds is 9. The van der Waals surface area contributed by atoms with Crippen molar-refractivity contribution < 1.29 is 19.4 Å². The number of alkyl carbamates (subject to hydrolysis) is 1. The summed E-state index contributed by atoms with van der Waals surface area (Å²) in [4.78, 5) is 21.8. The van der Waals surface area contributed by atoms with E-state index in [2.05, 4.69) is 5.32 Å². The molecule has 0 aromatic carbocycles. The number of carbonyl (C=O) groups excluding carboxylic acids is 1. The van der Waals surface area contributed by atoms with Crippen molar-refractivity contribution in [1.29, 1.82) is 0 Å². The first-order chi connectivity index (χ1) is 9.68. The van der Waals surface area contributed by atoms with Crippen molar-refractivity contribution in [3.63, 3.8) is 0 Å². The van der Waals surface area contributed by atoms with Crippen LogP contribution in [0.4, 0.5) is 4.79 Å². The van der Waals surface area contributed by atoms with Crippen molar-refractivity contribution in [2.24, 2.45) is 0 Å². The first kappa shape index (κ1) is 16.8. The Balaban J connectivity index is 1.87. The summed E-state index contributed by atoms with van der Waals surface area (Å²) in [6.45, 7) is 0.643. The van der Waals surface area contributed by atoms with Crippen LogP contribution < -0.4 is 5.32 Å². The first-order valence-electron chi connectivity index (χ1n) is 7.85. The molecule has 0 heterocycles. The van der Waals surface area contributed by atoms with Crippen molar-refractivity contribution in [2.75, 3.05) is 6.54 Å². The molecule has 1 rings (SSSR count). The fourth-order valence-electron chi connectivity index (χ4n) is 2.50. The van der Waals surface area contributed by atoms with Crippen molar-refractivity contribution in [1.82, 2.24) is 5.32 Å². The number of ether oxygens (including phenoxy) is 1. The van der Waals surface area contributed by atoms with Crippen LogP contribution in [-0.2, 0) is 9.53 Å². The Morgan fingerprint density at radius 3 is 2.35 bits per heavy atom. The molecule has 0 saturated heterocycles. The molecule has 1 fully saturated rings. The predicted octanol–water partition coefficient (Wildman–Crippen LogP) is 3.47. The maximum absolute atomic E-state index is 11.5. The Morgan fingerprint density at radius 1 is 1.00 bits per heavy atom. The Hall–Kier alpha value is -1.26. The lowest BCUT2D eigenvalue weighted by Gasteiger charge is -2.21. The van der Waals surface area contributed by atoms with E-state index in [-0.39, 0.29) is 18.6 Å². The van der Waals surface area contributed by atoms with Gasteiger partial charge in [-0.2, -0.15) is 0 Å². The van der Waals surface area contributed by atoms with E-state index in [0.29, 0.717) is 6.54 Å². The van der Waals surface area contributed by atoms with E-state index < -0.39 is 5.97 Å². The fourth-order valence-corrected chi connectivity index (χ4v) is 2.50. The number of amides is 1. The third kappa shape index (κ3) is 8.77. The SMILES string of the molecule is O=C(O)CCCCCCCNC(=O)OC1CCCCC1. The number of aliphatic carboxylic acids is 1. The third-order valence-electron chi connectivity index (χ3n) is 3.66. The number of hydrogen-bond donors (Lipinski definition) is 2. The van der Waals surface area contributed by atoms with Crippen LogP contribution in [0.3, 0.4) is 0 Å². The molecule has 20 heavy (non-hydrogen) atoms. The van der Waals surface area contributed by atoms with Gasteiger partial charge in [0, 0.05) is 13.0 Å². The van der Waals surface area contributed by atoms with E-state index in [1.54, 1.807) is 0 Å². The number of carboxylic acid groups (broad SMARTS) is 1. The fraction of sp³-hybridized carbons (Fsp3) is 0.867. The minimum atomic E-state index is -0.725. The van der Waals surface area contributed by atoms with Gasteiger partial charge in [0.1, 0.15) is 6.10 Å². The van der Waals surface area contributed by atoms with Gasteiger partial charge in [-0.1, -0.05) is 25.7 Å². The van der Waals surface area contributed by atoms with Gasteiger partial charge in [0.2, 0.25) is 0 Å². The molecule has 1 aliphatic carbocycles. The Labute approximate surface area is 121 Å². The number of unbranched alkanes of at least 4 members (excludes halogenated alkanes) is 4. The van der Waals surface area contributed by atoms with Gasteiger partial charge < -0.3 is 15.2 Å². The molecule has 0 bridgehead atoms.